The quantitative estimate of drug-likeness (QED) is 0.189. The van der Waals surface area contributed by atoms with Crippen LogP contribution in [0.15, 0.2) is 109 Å². The highest BCUT2D eigenvalue weighted by molar-refractivity contribution is 5.98. The van der Waals surface area contributed by atoms with Gasteiger partial charge in [-0.3, -0.25) is 19.7 Å². The summed E-state index contributed by atoms with van der Waals surface area (Å²) in [6, 6.07) is 30.8. The predicted octanol–water partition coefficient (Wildman–Crippen LogP) is 4.15. The van der Waals surface area contributed by atoms with Crippen molar-refractivity contribution in [2.24, 2.45) is 5.73 Å². The first-order chi connectivity index (χ1) is 18.4. The van der Waals surface area contributed by atoms with E-state index in [1.807, 2.05) is 91.0 Å². The normalized spacial score (nSPS) is 11.8. The number of non-ortho nitro benzene ring substituents is 1. The second-order valence-electron chi connectivity index (χ2n) is 8.73. The first-order valence-corrected chi connectivity index (χ1v) is 12.0. The van der Waals surface area contributed by atoms with Crippen LogP contribution in [0.25, 0.3) is 0 Å². The summed E-state index contributed by atoms with van der Waals surface area (Å²) in [5.41, 5.74) is 6.74. The molecule has 0 bridgehead atoms. The van der Waals surface area contributed by atoms with Gasteiger partial charge in [-0.25, -0.2) is 0 Å². The highest BCUT2D eigenvalue weighted by Gasteiger charge is 2.44. The van der Waals surface area contributed by atoms with Crippen molar-refractivity contribution in [3.63, 3.8) is 0 Å². The van der Waals surface area contributed by atoms with Crippen molar-refractivity contribution in [3.05, 3.63) is 142 Å². The molecule has 3 N–H and O–H groups in total. The lowest BCUT2D eigenvalue weighted by Gasteiger charge is -2.35. The Bertz CT molecular complexity index is 1330. The molecule has 0 aromatic heterocycles. The van der Waals surface area contributed by atoms with Crippen LogP contribution in [-0.4, -0.2) is 29.9 Å². The molecule has 4 aromatic rings. The number of carbonyl (C=O) groups is 2. The number of methoxy groups -OCH3 is 1. The average molecular weight is 510 g/mol. The van der Waals surface area contributed by atoms with E-state index < -0.39 is 28.2 Å². The minimum atomic E-state index is -1.32. The zero-order valence-electron chi connectivity index (χ0n) is 20.7. The molecule has 8 heteroatoms. The Morgan fingerprint density at radius 3 is 1.74 bits per heavy atom. The molecule has 0 saturated heterocycles. The van der Waals surface area contributed by atoms with Gasteiger partial charge in [-0.05, 0) is 22.8 Å². The smallest absolute Gasteiger partial charge is 0.269 e. The number of nitro benzene ring substituents is 1. The van der Waals surface area contributed by atoms with Crippen LogP contribution >= 0.6 is 0 Å². The second kappa shape index (κ2) is 11.4. The van der Waals surface area contributed by atoms with Gasteiger partial charge in [0.15, 0.2) is 0 Å². The van der Waals surface area contributed by atoms with Crippen LogP contribution in [-0.2, 0) is 21.4 Å². The first-order valence-electron chi connectivity index (χ1n) is 12.0. The molecule has 0 spiro atoms. The van der Waals surface area contributed by atoms with Crippen LogP contribution in [0.1, 0.15) is 22.3 Å². The number of ether oxygens (including phenoxy) is 1. The molecule has 0 heterocycles. The van der Waals surface area contributed by atoms with Crippen molar-refractivity contribution >= 4 is 17.5 Å². The molecule has 0 aliphatic rings. The fourth-order valence-corrected chi connectivity index (χ4v) is 4.70. The van der Waals surface area contributed by atoms with Gasteiger partial charge in [0, 0.05) is 24.1 Å². The molecule has 192 valence electrons. The molecular formula is C30H27N3O5. The minimum Gasteiger partial charge on any atom is -0.496 e. The number of hydrogen-bond donors (Lipinski definition) is 2. The van der Waals surface area contributed by atoms with Crippen LogP contribution in [0.3, 0.4) is 0 Å². The molecule has 0 unspecified atom stereocenters. The third kappa shape index (κ3) is 5.10. The van der Waals surface area contributed by atoms with Gasteiger partial charge in [0.1, 0.15) is 17.2 Å². The third-order valence-electron chi connectivity index (χ3n) is 6.51. The average Bonchev–Trinajstić information content (AvgIpc) is 2.94. The molecule has 0 aliphatic heterocycles. The number of primary amides is 1. The number of amides is 2. The fraction of sp³-hybridized carbons (Fsp3) is 0.133. The van der Waals surface area contributed by atoms with E-state index in [4.69, 9.17) is 10.5 Å². The summed E-state index contributed by atoms with van der Waals surface area (Å²) in [5, 5.41) is 14.2. The van der Waals surface area contributed by atoms with Crippen molar-refractivity contribution in [1.82, 2.24) is 5.32 Å². The van der Waals surface area contributed by atoms with Crippen molar-refractivity contribution in [3.8, 4) is 5.75 Å². The molecular weight excluding hydrogens is 482 g/mol. The van der Waals surface area contributed by atoms with E-state index in [9.17, 15) is 19.7 Å². The number of benzene rings is 4. The van der Waals surface area contributed by atoms with Crippen LogP contribution in [0.2, 0.25) is 0 Å². The SMILES string of the molecule is COc1ccc([N+](=O)[O-])cc1C[C@@H](NC(=O)C(c1ccccc1)(c1ccccc1)c1ccccc1)C(N)=O. The number of carbonyl (C=O) groups excluding carboxylic acids is 2. The topological polar surface area (TPSA) is 125 Å². The van der Waals surface area contributed by atoms with E-state index in [1.54, 1.807) is 0 Å². The Kier molecular flexibility index (Phi) is 7.82. The van der Waals surface area contributed by atoms with Gasteiger partial charge >= 0.3 is 0 Å². The Morgan fingerprint density at radius 1 is 0.868 bits per heavy atom. The van der Waals surface area contributed by atoms with Gasteiger partial charge < -0.3 is 15.8 Å². The molecule has 8 nitrogen and oxygen atoms in total. The maximum atomic E-state index is 14.4. The van der Waals surface area contributed by atoms with Gasteiger partial charge in [-0.15, -0.1) is 0 Å². The van der Waals surface area contributed by atoms with Crippen molar-refractivity contribution in [1.29, 1.82) is 0 Å². The van der Waals surface area contributed by atoms with Gasteiger partial charge in [0.2, 0.25) is 11.8 Å². The maximum Gasteiger partial charge on any atom is 0.269 e. The van der Waals surface area contributed by atoms with Gasteiger partial charge in [-0.2, -0.15) is 0 Å². The van der Waals surface area contributed by atoms with Crippen molar-refractivity contribution in [2.75, 3.05) is 7.11 Å². The summed E-state index contributed by atoms with van der Waals surface area (Å²) in [7, 11) is 1.42. The van der Waals surface area contributed by atoms with E-state index >= 15 is 0 Å². The van der Waals surface area contributed by atoms with Crippen LogP contribution in [0, 0.1) is 10.1 Å². The Labute approximate surface area is 220 Å². The lowest BCUT2D eigenvalue weighted by Crippen LogP contribution is -2.54. The summed E-state index contributed by atoms with van der Waals surface area (Å²) in [6.07, 6.45) is -0.0968. The number of nitro groups is 1. The van der Waals surface area contributed by atoms with Crippen LogP contribution < -0.4 is 15.8 Å². The van der Waals surface area contributed by atoms with E-state index in [-0.39, 0.29) is 12.1 Å². The predicted molar refractivity (Wildman–Crippen MR) is 144 cm³/mol. The standard InChI is InChI=1S/C30H27N3O5/c1-38-27-18-17-25(33(36)37)19-21(27)20-26(28(31)34)32-29(35)30(22-11-5-2-6-12-22,23-13-7-3-8-14-23)24-15-9-4-10-16-24/h2-19,26H,20H2,1H3,(H2,31,34)(H,32,35)/t26-/m1/s1. The zero-order chi connectivity index (χ0) is 27.1. The summed E-state index contributed by atoms with van der Waals surface area (Å²) in [6.45, 7) is 0. The highest BCUT2D eigenvalue weighted by atomic mass is 16.6. The van der Waals surface area contributed by atoms with Crippen LogP contribution in [0.4, 0.5) is 5.69 Å². The molecule has 4 aromatic carbocycles. The Hall–Kier alpha value is -4.98. The molecule has 0 aliphatic carbocycles. The zero-order valence-corrected chi connectivity index (χ0v) is 20.7. The summed E-state index contributed by atoms with van der Waals surface area (Å²) >= 11 is 0. The number of nitrogens with two attached hydrogens (primary N) is 1. The summed E-state index contributed by atoms with van der Waals surface area (Å²) in [4.78, 5) is 37.9. The van der Waals surface area contributed by atoms with Crippen LogP contribution in [0.5, 0.6) is 5.75 Å². The molecule has 0 saturated carbocycles. The number of nitrogens with zero attached hydrogens (tertiary/aromatic N) is 1. The maximum absolute atomic E-state index is 14.4. The molecule has 1 atom stereocenters. The number of nitrogens with one attached hydrogen (secondary N) is 1. The van der Waals surface area contributed by atoms with Gasteiger partial charge in [0.25, 0.3) is 5.69 Å². The second-order valence-corrected chi connectivity index (χ2v) is 8.73. The molecule has 2 amide bonds. The first kappa shape index (κ1) is 26.1. The molecule has 0 radical (unpaired) electrons. The van der Waals surface area contributed by atoms with E-state index in [1.165, 1.54) is 25.3 Å². The Morgan fingerprint density at radius 2 is 1.34 bits per heavy atom. The fourth-order valence-electron chi connectivity index (χ4n) is 4.70. The van der Waals surface area contributed by atoms with Gasteiger partial charge in [-0.1, -0.05) is 91.0 Å². The molecule has 4 rings (SSSR count). The van der Waals surface area contributed by atoms with Gasteiger partial charge in [0.05, 0.1) is 12.0 Å². The van der Waals surface area contributed by atoms with E-state index in [2.05, 4.69) is 5.32 Å². The lowest BCUT2D eigenvalue weighted by atomic mass is 9.68. The minimum absolute atomic E-state index is 0.0968. The lowest BCUT2D eigenvalue weighted by molar-refractivity contribution is -0.384. The number of rotatable bonds is 10. The Balaban J connectivity index is 1.84. The highest BCUT2D eigenvalue weighted by Crippen LogP contribution is 2.39. The number of hydrogen-bond acceptors (Lipinski definition) is 5. The molecule has 38 heavy (non-hydrogen) atoms. The summed E-state index contributed by atoms with van der Waals surface area (Å²) in [5.74, 6) is -0.902. The van der Waals surface area contributed by atoms with E-state index in [0.29, 0.717) is 28.0 Å². The monoisotopic (exact) mass is 509 g/mol. The third-order valence-corrected chi connectivity index (χ3v) is 6.51. The van der Waals surface area contributed by atoms with Crippen molar-refractivity contribution < 1.29 is 19.2 Å². The van der Waals surface area contributed by atoms with Crippen molar-refractivity contribution in [2.45, 2.75) is 17.9 Å². The van der Waals surface area contributed by atoms with E-state index in [0.717, 1.165) is 0 Å². The largest absolute Gasteiger partial charge is 0.496 e. The molecule has 0 fully saturated rings. The summed E-state index contributed by atoms with van der Waals surface area (Å²) < 4.78 is 5.35.